The van der Waals surface area contributed by atoms with Crippen LogP contribution in [-0.4, -0.2) is 27.9 Å². The third-order valence-electron chi connectivity index (χ3n) is 6.54. The van der Waals surface area contributed by atoms with Gasteiger partial charge in [0, 0.05) is 23.9 Å². The summed E-state index contributed by atoms with van der Waals surface area (Å²) in [7, 11) is -4.25. The van der Waals surface area contributed by atoms with Crippen molar-refractivity contribution in [3.8, 4) is 11.1 Å². The fourth-order valence-electron chi connectivity index (χ4n) is 5.04. The van der Waals surface area contributed by atoms with Crippen LogP contribution in [0.2, 0.25) is 0 Å². The second kappa shape index (κ2) is 7.46. The number of H-pyrrole nitrogens is 1. The van der Waals surface area contributed by atoms with Crippen molar-refractivity contribution in [3.05, 3.63) is 101 Å². The lowest BCUT2D eigenvalue weighted by molar-refractivity contribution is -0.141. The largest absolute Gasteiger partial charge is 0.433 e. The zero-order chi connectivity index (χ0) is 24.5. The summed E-state index contributed by atoms with van der Waals surface area (Å²) in [5.41, 5.74) is 3.27. The average Bonchev–Trinajstić information content (AvgIpc) is 3.41. The number of aromatic amines is 1. The lowest BCUT2D eigenvalue weighted by Gasteiger charge is -2.33. The Morgan fingerprint density at radius 3 is 2.43 bits per heavy atom. The van der Waals surface area contributed by atoms with Gasteiger partial charge in [-0.2, -0.15) is 22.6 Å². The Morgan fingerprint density at radius 1 is 0.971 bits per heavy atom. The number of alkyl halides is 3. The molecule has 0 aliphatic carbocycles. The summed E-state index contributed by atoms with van der Waals surface area (Å²) in [6, 6.07) is 11.7. The molecule has 2 aromatic heterocycles. The van der Waals surface area contributed by atoms with E-state index in [1.807, 2.05) is 18.2 Å². The minimum atomic E-state index is -4.68. The standard InChI is InChI=1S/C24H16F4N4O2S/c25-14-6-4-13(5-7-14)16-2-1-3-17-20-10-19-18(12-30-31-19)23(22(16)17)32(20)35(33,34)15-8-9-21(29-11-15)24(26,27)28/h1-9,11-12,20,23H,10H2,(H,30,31)/t20-,23+/m1/s1. The second-order valence-electron chi connectivity index (χ2n) is 8.45. The topological polar surface area (TPSA) is 79.0 Å². The monoisotopic (exact) mass is 500 g/mol. The van der Waals surface area contributed by atoms with Crippen molar-refractivity contribution in [1.82, 2.24) is 19.5 Å². The zero-order valence-electron chi connectivity index (χ0n) is 17.8. The highest BCUT2D eigenvalue weighted by molar-refractivity contribution is 7.89. The van der Waals surface area contributed by atoms with E-state index in [1.165, 1.54) is 16.4 Å². The number of hydrogen-bond donors (Lipinski definition) is 1. The molecule has 4 aromatic rings. The Hall–Kier alpha value is -3.57. The lowest BCUT2D eigenvalue weighted by atomic mass is 9.91. The van der Waals surface area contributed by atoms with Crippen molar-refractivity contribution in [2.24, 2.45) is 0 Å². The van der Waals surface area contributed by atoms with E-state index in [2.05, 4.69) is 15.2 Å². The third kappa shape index (κ3) is 3.29. The van der Waals surface area contributed by atoms with Crippen molar-refractivity contribution in [2.45, 2.75) is 29.6 Å². The van der Waals surface area contributed by atoms with Gasteiger partial charge in [0.25, 0.3) is 0 Å². The molecule has 0 fully saturated rings. The van der Waals surface area contributed by atoms with Crippen LogP contribution in [0.5, 0.6) is 0 Å². The first-order valence-electron chi connectivity index (χ1n) is 10.6. The van der Waals surface area contributed by atoms with E-state index >= 15 is 0 Å². The van der Waals surface area contributed by atoms with Crippen molar-refractivity contribution >= 4 is 10.0 Å². The van der Waals surface area contributed by atoms with Gasteiger partial charge in [0.15, 0.2) is 0 Å². The van der Waals surface area contributed by atoms with Crippen LogP contribution in [-0.2, 0) is 22.6 Å². The lowest BCUT2D eigenvalue weighted by Crippen LogP contribution is -2.37. The van der Waals surface area contributed by atoms with Gasteiger partial charge in [-0.05, 0) is 46.5 Å². The summed E-state index contributed by atoms with van der Waals surface area (Å²) in [5.74, 6) is -0.392. The molecule has 4 heterocycles. The van der Waals surface area contributed by atoms with E-state index in [9.17, 15) is 26.0 Å². The number of sulfonamides is 1. The van der Waals surface area contributed by atoms with Crippen LogP contribution in [0, 0.1) is 5.82 Å². The number of hydrogen-bond acceptors (Lipinski definition) is 4. The van der Waals surface area contributed by atoms with Gasteiger partial charge in [-0.3, -0.25) is 10.1 Å². The highest BCUT2D eigenvalue weighted by atomic mass is 32.2. The molecule has 0 spiro atoms. The smallest absolute Gasteiger partial charge is 0.282 e. The van der Waals surface area contributed by atoms with Gasteiger partial charge >= 0.3 is 6.18 Å². The molecule has 6 nitrogen and oxygen atoms in total. The Bertz CT molecular complexity index is 1550. The van der Waals surface area contributed by atoms with Gasteiger partial charge in [0.1, 0.15) is 16.4 Å². The molecule has 2 aromatic carbocycles. The molecule has 6 rings (SSSR count). The molecule has 0 radical (unpaired) electrons. The molecular weight excluding hydrogens is 484 g/mol. The van der Waals surface area contributed by atoms with Crippen LogP contribution >= 0.6 is 0 Å². The zero-order valence-corrected chi connectivity index (χ0v) is 18.6. The summed E-state index contributed by atoms with van der Waals surface area (Å²) in [6.45, 7) is 0. The molecule has 0 saturated heterocycles. The minimum absolute atomic E-state index is 0.318. The molecule has 0 unspecified atom stereocenters. The van der Waals surface area contributed by atoms with Crippen LogP contribution in [0.4, 0.5) is 17.6 Å². The van der Waals surface area contributed by atoms with Crippen molar-refractivity contribution < 1.29 is 26.0 Å². The van der Waals surface area contributed by atoms with E-state index in [0.29, 0.717) is 18.1 Å². The summed E-state index contributed by atoms with van der Waals surface area (Å²) < 4.78 is 81.5. The first kappa shape index (κ1) is 21.9. The summed E-state index contributed by atoms with van der Waals surface area (Å²) in [6.07, 6.45) is -2.05. The van der Waals surface area contributed by atoms with Crippen molar-refractivity contribution in [2.75, 3.05) is 0 Å². The van der Waals surface area contributed by atoms with E-state index in [-0.39, 0.29) is 4.90 Å². The summed E-state index contributed by atoms with van der Waals surface area (Å²) >= 11 is 0. The van der Waals surface area contributed by atoms with Gasteiger partial charge in [-0.1, -0.05) is 30.3 Å². The number of pyridine rings is 1. The molecule has 35 heavy (non-hydrogen) atoms. The SMILES string of the molecule is O=S(=O)(c1ccc(C(F)(F)F)nc1)N1[C@H]2c3cn[nH]c3C[C@@H]1c1cccc(-c3ccc(F)cc3)c12. The first-order chi connectivity index (χ1) is 16.7. The Balaban J connectivity index is 1.53. The van der Waals surface area contributed by atoms with E-state index in [4.69, 9.17) is 0 Å². The quantitative estimate of drug-likeness (QED) is 0.401. The maximum atomic E-state index is 13.8. The Morgan fingerprint density at radius 2 is 1.74 bits per heavy atom. The molecule has 2 aliphatic rings. The van der Waals surface area contributed by atoms with Crippen molar-refractivity contribution in [1.29, 1.82) is 0 Å². The van der Waals surface area contributed by atoms with Crippen LogP contribution < -0.4 is 0 Å². The average molecular weight is 500 g/mol. The predicted molar refractivity (Wildman–Crippen MR) is 117 cm³/mol. The fraction of sp³-hybridized carbons (Fsp3) is 0.167. The van der Waals surface area contributed by atoms with Crippen LogP contribution in [0.15, 0.2) is 71.9 Å². The highest BCUT2D eigenvalue weighted by Gasteiger charge is 2.52. The van der Waals surface area contributed by atoms with Crippen LogP contribution in [0.25, 0.3) is 11.1 Å². The van der Waals surface area contributed by atoms with Crippen LogP contribution in [0.3, 0.4) is 0 Å². The summed E-state index contributed by atoms with van der Waals surface area (Å²) in [5, 5.41) is 7.04. The molecule has 178 valence electrons. The number of rotatable bonds is 3. The van der Waals surface area contributed by atoms with Gasteiger partial charge in [0.2, 0.25) is 10.0 Å². The van der Waals surface area contributed by atoms with Crippen LogP contribution in [0.1, 0.15) is 40.2 Å². The van der Waals surface area contributed by atoms with E-state index in [1.54, 1.807) is 18.3 Å². The van der Waals surface area contributed by atoms with Gasteiger partial charge in [-0.15, -0.1) is 0 Å². The van der Waals surface area contributed by atoms with Gasteiger partial charge in [-0.25, -0.2) is 12.8 Å². The number of benzene rings is 2. The number of halogens is 4. The van der Waals surface area contributed by atoms with Gasteiger partial charge < -0.3 is 0 Å². The number of nitrogens with zero attached hydrogens (tertiary/aromatic N) is 3. The number of fused-ring (bicyclic) bond motifs is 7. The first-order valence-corrected chi connectivity index (χ1v) is 12.1. The molecule has 2 aliphatic heterocycles. The molecule has 1 N–H and O–H groups in total. The minimum Gasteiger partial charge on any atom is -0.282 e. The van der Waals surface area contributed by atoms with E-state index in [0.717, 1.165) is 40.2 Å². The maximum Gasteiger partial charge on any atom is 0.433 e. The second-order valence-corrected chi connectivity index (χ2v) is 10.3. The Kier molecular flexibility index (Phi) is 4.68. The number of nitrogens with one attached hydrogen (secondary N) is 1. The molecule has 0 saturated carbocycles. The molecule has 2 atom stereocenters. The van der Waals surface area contributed by atoms with E-state index < -0.39 is 39.8 Å². The molecular formula is C24H16F4N4O2S. The fourth-order valence-corrected chi connectivity index (χ4v) is 6.73. The predicted octanol–water partition coefficient (Wildman–Crippen LogP) is 5.02. The highest BCUT2D eigenvalue weighted by Crippen LogP contribution is 2.56. The molecule has 0 amide bonds. The summed E-state index contributed by atoms with van der Waals surface area (Å²) in [4.78, 5) is 3.02. The number of aromatic nitrogens is 3. The Labute approximate surface area is 197 Å². The van der Waals surface area contributed by atoms with Crippen molar-refractivity contribution in [3.63, 3.8) is 0 Å². The molecule has 2 bridgehead atoms. The molecule has 11 heteroatoms. The normalized spacial score (nSPS) is 19.4. The maximum absolute atomic E-state index is 13.8. The van der Waals surface area contributed by atoms with Gasteiger partial charge in [0.05, 0.1) is 18.3 Å². The third-order valence-corrected chi connectivity index (χ3v) is 8.39.